The molecule has 6 rings (SSSR count). The van der Waals surface area contributed by atoms with Crippen LogP contribution >= 0.6 is 0 Å². The number of aryl methyl sites for hydroxylation is 2. The summed E-state index contributed by atoms with van der Waals surface area (Å²) in [5.41, 5.74) is 3.32. The molecule has 2 N–H and O–H groups in total. The zero-order chi connectivity index (χ0) is 25.2. The number of rotatable bonds is 5. The van der Waals surface area contributed by atoms with Crippen LogP contribution < -0.4 is 4.74 Å². The van der Waals surface area contributed by atoms with Crippen molar-refractivity contribution in [2.24, 2.45) is 0 Å². The Morgan fingerprint density at radius 1 is 0.972 bits per heavy atom. The molecule has 2 aliphatic rings. The molecule has 0 unspecified atom stereocenters. The monoisotopic (exact) mass is 480 g/mol. The van der Waals surface area contributed by atoms with Crippen LogP contribution in [0.15, 0.2) is 54.6 Å². The summed E-state index contributed by atoms with van der Waals surface area (Å²) in [7, 11) is 0. The van der Waals surface area contributed by atoms with Gasteiger partial charge in [-0.15, -0.1) is 0 Å². The van der Waals surface area contributed by atoms with Crippen LogP contribution in [0.2, 0.25) is 0 Å². The first-order valence-electron chi connectivity index (χ1n) is 12.3. The fraction of sp³-hybridized carbons (Fsp3) is 0.300. The molecule has 6 nitrogen and oxygen atoms in total. The molecule has 2 atom stereocenters. The molecule has 3 heterocycles. The molecule has 0 radical (unpaired) electrons. The van der Waals surface area contributed by atoms with Gasteiger partial charge in [0.15, 0.2) is 0 Å². The van der Waals surface area contributed by atoms with Gasteiger partial charge >= 0.3 is 0 Å². The van der Waals surface area contributed by atoms with Gasteiger partial charge in [-0.3, -0.25) is 4.57 Å². The second-order valence-corrected chi connectivity index (χ2v) is 10.3. The van der Waals surface area contributed by atoms with E-state index in [1.54, 1.807) is 12.1 Å². The van der Waals surface area contributed by atoms with Gasteiger partial charge in [0.2, 0.25) is 11.8 Å². The number of fused-ring (bicyclic) bond motifs is 6. The molecule has 36 heavy (non-hydrogen) atoms. The molecule has 0 saturated carbocycles. The molecule has 2 aliphatic heterocycles. The van der Waals surface area contributed by atoms with Crippen LogP contribution in [0.25, 0.3) is 16.5 Å². The minimum absolute atomic E-state index is 0.0170. The zero-order valence-electron chi connectivity index (χ0n) is 20.6. The number of aromatic hydroxyl groups is 2. The van der Waals surface area contributed by atoms with Crippen molar-refractivity contribution in [3.8, 4) is 29.3 Å². The van der Waals surface area contributed by atoms with Crippen LogP contribution in [0.5, 0.6) is 17.5 Å². The van der Waals surface area contributed by atoms with E-state index < -0.39 is 11.2 Å². The average Bonchev–Trinajstić information content (AvgIpc) is 3.42. The number of nitriles is 1. The minimum Gasteiger partial charge on any atom is -0.494 e. The standard InChI is InChI=1S/C30H28N2O4/c1-18-14-19(2)16-21(15-18)35-13-12-30-11-10-29(3,36-30)25-26(30)28(34)32(27(25)33)24-9-8-20(17-31)22-6-4-5-7-23(22)24/h4-9,14-16,33-34H,10-13H2,1-3H3/t29-,30-/m0/s1. The number of nitrogens with zero attached hydrogens (tertiary/aromatic N) is 2. The van der Waals surface area contributed by atoms with Gasteiger partial charge in [0.1, 0.15) is 11.4 Å². The summed E-state index contributed by atoms with van der Waals surface area (Å²) in [6, 6.07) is 19.4. The Hall–Kier alpha value is -3.95. The Bertz CT molecular complexity index is 1560. The van der Waals surface area contributed by atoms with Crippen molar-refractivity contribution in [1.29, 1.82) is 5.26 Å². The van der Waals surface area contributed by atoms with Crippen molar-refractivity contribution in [1.82, 2.24) is 4.57 Å². The first-order valence-corrected chi connectivity index (χ1v) is 12.3. The van der Waals surface area contributed by atoms with Gasteiger partial charge in [-0.05, 0) is 69.0 Å². The molecule has 0 amide bonds. The van der Waals surface area contributed by atoms with Gasteiger partial charge in [-0.1, -0.05) is 30.3 Å². The van der Waals surface area contributed by atoms with E-state index in [9.17, 15) is 15.5 Å². The molecule has 0 spiro atoms. The van der Waals surface area contributed by atoms with Crippen molar-refractivity contribution in [3.63, 3.8) is 0 Å². The van der Waals surface area contributed by atoms with Gasteiger partial charge < -0.3 is 19.7 Å². The molecule has 1 saturated heterocycles. The molecular weight excluding hydrogens is 452 g/mol. The molecule has 1 aromatic heterocycles. The molecule has 6 heteroatoms. The van der Waals surface area contributed by atoms with Crippen LogP contribution in [-0.2, 0) is 15.9 Å². The Kier molecular flexibility index (Phi) is 4.86. The fourth-order valence-corrected chi connectivity index (χ4v) is 6.26. The van der Waals surface area contributed by atoms with Gasteiger partial charge in [0.25, 0.3) is 0 Å². The Morgan fingerprint density at radius 2 is 1.67 bits per heavy atom. The number of aromatic nitrogens is 1. The summed E-state index contributed by atoms with van der Waals surface area (Å²) in [6.45, 7) is 6.49. The highest BCUT2D eigenvalue weighted by Crippen LogP contribution is 2.65. The van der Waals surface area contributed by atoms with Crippen molar-refractivity contribution in [2.75, 3.05) is 6.61 Å². The first-order chi connectivity index (χ1) is 17.3. The first kappa shape index (κ1) is 22.5. The van der Waals surface area contributed by atoms with E-state index in [0.717, 1.165) is 40.5 Å². The Labute approximate surface area is 209 Å². The predicted molar refractivity (Wildman–Crippen MR) is 137 cm³/mol. The number of benzene rings is 3. The third-order valence-electron chi connectivity index (χ3n) is 7.76. The summed E-state index contributed by atoms with van der Waals surface area (Å²) in [5, 5.41) is 34.1. The van der Waals surface area contributed by atoms with Crippen LogP contribution in [0.4, 0.5) is 0 Å². The van der Waals surface area contributed by atoms with Crippen molar-refractivity contribution >= 4 is 10.8 Å². The number of ether oxygens (including phenoxy) is 2. The van der Waals surface area contributed by atoms with Crippen LogP contribution in [-0.4, -0.2) is 21.4 Å². The summed E-state index contributed by atoms with van der Waals surface area (Å²) in [6.07, 6.45) is 2.03. The smallest absolute Gasteiger partial charge is 0.205 e. The van der Waals surface area contributed by atoms with E-state index in [-0.39, 0.29) is 11.8 Å². The molecule has 4 aromatic rings. The second-order valence-electron chi connectivity index (χ2n) is 10.3. The largest absolute Gasteiger partial charge is 0.494 e. The van der Waals surface area contributed by atoms with Crippen LogP contribution in [0.1, 0.15) is 54.0 Å². The summed E-state index contributed by atoms with van der Waals surface area (Å²) >= 11 is 0. The SMILES string of the molecule is Cc1cc(C)cc(OCC[C@]23CC[C@](C)(O2)c2c3c(O)n(-c3ccc(C#N)c4ccccc34)c2O)c1. The van der Waals surface area contributed by atoms with Crippen molar-refractivity contribution in [3.05, 3.63) is 82.4 Å². The molecule has 182 valence electrons. The Balaban J connectivity index is 1.42. The highest BCUT2D eigenvalue weighted by molar-refractivity contribution is 5.95. The normalized spacial score (nSPS) is 22.1. The highest BCUT2D eigenvalue weighted by Gasteiger charge is 2.61. The maximum absolute atomic E-state index is 11.6. The quantitative estimate of drug-likeness (QED) is 0.353. The lowest BCUT2D eigenvalue weighted by Crippen LogP contribution is -2.25. The lowest BCUT2D eigenvalue weighted by Gasteiger charge is -2.26. The van der Waals surface area contributed by atoms with Gasteiger partial charge in [0.05, 0.1) is 40.7 Å². The van der Waals surface area contributed by atoms with Crippen LogP contribution in [0, 0.1) is 25.2 Å². The van der Waals surface area contributed by atoms with E-state index in [1.807, 2.05) is 57.2 Å². The molecule has 2 bridgehead atoms. The van der Waals surface area contributed by atoms with Crippen molar-refractivity contribution < 1.29 is 19.7 Å². The van der Waals surface area contributed by atoms with E-state index in [0.29, 0.717) is 35.4 Å². The maximum Gasteiger partial charge on any atom is 0.205 e. The van der Waals surface area contributed by atoms with E-state index in [2.05, 4.69) is 12.1 Å². The molecule has 3 aromatic carbocycles. The van der Waals surface area contributed by atoms with E-state index >= 15 is 0 Å². The topological polar surface area (TPSA) is 87.6 Å². The van der Waals surface area contributed by atoms with Gasteiger partial charge in [-0.25, -0.2) is 0 Å². The van der Waals surface area contributed by atoms with Gasteiger partial charge in [0, 0.05) is 17.2 Å². The third-order valence-corrected chi connectivity index (χ3v) is 7.76. The minimum atomic E-state index is -0.738. The lowest BCUT2D eigenvalue weighted by atomic mass is 9.78. The Morgan fingerprint density at radius 3 is 2.39 bits per heavy atom. The third kappa shape index (κ3) is 3.13. The zero-order valence-corrected chi connectivity index (χ0v) is 20.6. The fourth-order valence-electron chi connectivity index (χ4n) is 6.26. The lowest BCUT2D eigenvalue weighted by molar-refractivity contribution is -0.0876. The molecule has 0 aliphatic carbocycles. The number of hydrogen-bond acceptors (Lipinski definition) is 5. The maximum atomic E-state index is 11.6. The summed E-state index contributed by atoms with van der Waals surface area (Å²) < 4.78 is 14.2. The molecule has 1 fully saturated rings. The van der Waals surface area contributed by atoms with Gasteiger partial charge in [-0.2, -0.15) is 5.26 Å². The number of hydrogen-bond donors (Lipinski definition) is 2. The predicted octanol–water partition coefficient (Wildman–Crippen LogP) is 6.23. The average molecular weight is 481 g/mol. The highest BCUT2D eigenvalue weighted by atomic mass is 16.5. The van der Waals surface area contributed by atoms with Crippen molar-refractivity contribution in [2.45, 2.75) is 51.2 Å². The second kappa shape index (κ2) is 7.78. The van der Waals surface area contributed by atoms with Crippen LogP contribution in [0.3, 0.4) is 0 Å². The van der Waals surface area contributed by atoms with E-state index in [4.69, 9.17) is 9.47 Å². The molecular formula is C30H28N2O4. The summed E-state index contributed by atoms with van der Waals surface area (Å²) in [4.78, 5) is 0. The summed E-state index contributed by atoms with van der Waals surface area (Å²) in [5.74, 6) is 0.778. The van der Waals surface area contributed by atoms with E-state index in [1.165, 1.54) is 4.57 Å².